The molecule has 0 amide bonds. The third kappa shape index (κ3) is 5.15. The zero-order chi connectivity index (χ0) is 16.9. The number of rotatable bonds is 7. The minimum Gasteiger partial charge on any atom is -0.258 e. The summed E-state index contributed by atoms with van der Waals surface area (Å²) in [6.45, 7) is 2.21. The molecule has 0 fully saturated rings. The van der Waals surface area contributed by atoms with Gasteiger partial charge >= 0.3 is 0 Å². The lowest BCUT2D eigenvalue weighted by Crippen LogP contribution is -2.28. The first-order chi connectivity index (χ1) is 10.9. The summed E-state index contributed by atoms with van der Waals surface area (Å²) in [6, 6.07) is 15.3. The van der Waals surface area contributed by atoms with Crippen molar-refractivity contribution in [1.29, 1.82) is 0 Å². The van der Waals surface area contributed by atoms with Gasteiger partial charge in [-0.2, -0.15) is 0 Å². The van der Waals surface area contributed by atoms with E-state index >= 15 is 0 Å². The van der Waals surface area contributed by atoms with Gasteiger partial charge in [-0.05, 0) is 17.0 Å². The zero-order valence-electron chi connectivity index (χ0n) is 12.7. The van der Waals surface area contributed by atoms with Crippen LogP contribution in [0, 0.1) is 10.1 Å². The molecule has 0 saturated heterocycles. The monoisotopic (exact) mass is 334 g/mol. The lowest BCUT2D eigenvalue weighted by molar-refractivity contribution is -0.384. The fourth-order valence-electron chi connectivity index (χ4n) is 2.18. The van der Waals surface area contributed by atoms with Crippen molar-refractivity contribution < 1.29 is 13.3 Å². The third-order valence-electron chi connectivity index (χ3n) is 3.46. The van der Waals surface area contributed by atoms with Crippen molar-refractivity contribution in [3.8, 4) is 0 Å². The summed E-state index contributed by atoms with van der Waals surface area (Å²) in [5.74, 6) is -0.244. The van der Waals surface area contributed by atoms with E-state index in [1.807, 2.05) is 37.3 Å². The fourth-order valence-corrected chi connectivity index (χ4v) is 3.41. The van der Waals surface area contributed by atoms with Crippen LogP contribution in [0.4, 0.5) is 5.69 Å². The number of nitrogens with one attached hydrogen (secondary N) is 1. The quantitative estimate of drug-likeness (QED) is 0.623. The van der Waals surface area contributed by atoms with Crippen LogP contribution in [-0.4, -0.2) is 19.9 Å². The molecule has 0 radical (unpaired) electrons. The average Bonchev–Trinajstić information content (AvgIpc) is 2.53. The van der Waals surface area contributed by atoms with Gasteiger partial charge < -0.3 is 0 Å². The van der Waals surface area contributed by atoms with Gasteiger partial charge in [0.2, 0.25) is 10.0 Å². The predicted molar refractivity (Wildman–Crippen MR) is 88.6 cm³/mol. The number of non-ortho nitro benzene ring substituents is 1. The van der Waals surface area contributed by atoms with E-state index in [2.05, 4.69) is 4.72 Å². The second-order valence-electron chi connectivity index (χ2n) is 5.35. The Morgan fingerprint density at radius 1 is 1.13 bits per heavy atom. The van der Waals surface area contributed by atoms with Crippen LogP contribution in [0.1, 0.15) is 24.0 Å². The van der Waals surface area contributed by atoms with Crippen LogP contribution in [0.5, 0.6) is 0 Å². The van der Waals surface area contributed by atoms with E-state index in [9.17, 15) is 18.5 Å². The average molecular weight is 334 g/mol. The number of sulfonamides is 1. The molecule has 2 aromatic rings. The Hall–Kier alpha value is -2.25. The lowest BCUT2D eigenvalue weighted by atomic mass is 10.0. The van der Waals surface area contributed by atoms with Gasteiger partial charge in [0.05, 0.1) is 10.7 Å². The molecule has 2 rings (SSSR count). The van der Waals surface area contributed by atoms with E-state index < -0.39 is 14.9 Å². The summed E-state index contributed by atoms with van der Waals surface area (Å²) in [5, 5.41) is 10.7. The van der Waals surface area contributed by atoms with E-state index in [0.29, 0.717) is 5.56 Å². The van der Waals surface area contributed by atoms with Crippen molar-refractivity contribution in [3.05, 3.63) is 75.8 Å². The maximum atomic E-state index is 12.1. The maximum absolute atomic E-state index is 12.1. The molecule has 0 aliphatic rings. The smallest absolute Gasteiger partial charge is 0.258 e. The molecule has 0 saturated carbocycles. The van der Waals surface area contributed by atoms with Crippen molar-refractivity contribution in [1.82, 2.24) is 4.72 Å². The van der Waals surface area contributed by atoms with Crippen LogP contribution >= 0.6 is 0 Å². The largest absolute Gasteiger partial charge is 0.269 e. The molecule has 1 N–H and O–H groups in total. The van der Waals surface area contributed by atoms with E-state index in [1.54, 1.807) is 6.07 Å². The molecule has 23 heavy (non-hydrogen) atoms. The second kappa shape index (κ2) is 7.34. The highest BCUT2D eigenvalue weighted by molar-refractivity contribution is 7.88. The first kappa shape index (κ1) is 17.1. The number of nitrogens with zero attached hydrogens (tertiary/aromatic N) is 1. The van der Waals surface area contributed by atoms with Gasteiger partial charge in [0, 0.05) is 18.7 Å². The molecule has 6 nitrogen and oxygen atoms in total. The Bertz CT molecular complexity index is 776. The Kier molecular flexibility index (Phi) is 5.46. The Morgan fingerprint density at radius 3 is 2.48 bits per heavy atom. The zero-order valence-corrected chi connectivity index (χ0v) is 13.5. The number of nitro benzene ring substituents is 1. The van der Waals surface area contributed by atoms with Crippen LogP contribution in [-0.2, 0) is 15.8 Å². The summed E-state index contributed by atoms with van der Waals surface area (Å²) >= 11 is 0. The van der Waals surface area contributed by atoms with Gasteiger partial charge in [-0.25, -0.2) is 13.1 Å². The molecule has 0 aliphatic heterocycles. The molecule has 0 spiro atoms. The molecular weight excluding hydrogens is 316 g/mol. The topological polar surface area (TPSA) is 89.3 Å². The van der Waals surface area contributed by atoms with E-state index in [4.69, 9.17) is 0 Å². The summed E-state index contributed by atoms with van der Waals surface area (Å²) in [7, 11) is -3.55. The normalized spacial score (nSPS) is 12.7. The third-order valence-corrected chi connectivity index (χ3v) is 4.78. The van der Waals surface area contributed by atoms with Crippen LogP contribution in [0.25, 0.3) is 0 Å². The standard InChI is InChI=1S/C16H18N2O4S/c1-13(15-7-3-2-4-8-15)11-17-23(21,22)12-14-6-5-9-16(10-14)18(19)20/h2-10,13,17H,11-12H2,1H3/t13-/m1/s1. The molecular formula is C16H18N2O4S. The minimum atomic E-state index is -3.55. The molecule has 122 valence electrons. The minimum absolute atomic E-state index is 0.0380. The van der Waals surface area contributed by atoms with Gasteiger partial charge in [-0.3, -0.25) is 10.1 Å². The van der Waals surface area contributed by atoms with Crippen molar-refractivity contribution in [3.63, 3.8) is 0 Å². The highest BCUT2D eigenvalue weighted by Crippen LogP contribution is 2.16. The molecule has 0 unspecified atom stereocenters. The van der Waals surface area contributed by atoms with Crippen molar-refractivity contribution in [2.24, 2.45) is 0 Å². The Morgan fingerprint density at radius 2 is 1.83 bits per heavy atom. The Labute approximate surface area is 135 Å². The van der Waals surface area contributed by atoms with Gasteiger partial charge in [0.1, 0.15) is 0 Å². The molecule has 0 aliphatic carbocycles. The van der Waals surface area contributed by atoms with Crippen LogP contribution < -0.4 is 4.72 Å². The molecule has 7 heteroatoms. The summed E-state index contributed by atoms with van der Waals surface area (Å²) in [5.41, 5.74) is 1.32. The molecule has 2 aromatic carbocycles. The Balaban J connectivity index is 1.99. The first-order valence-electron chi connectivity index (χ1n) is 7.13. The van der Waals surface area contributed by atoms with Gasteiger partial charge in [0.25, 0.3) is 5.69 Å². The highest BCUT2D eigenvalue weighted by atomic mass is 32.2. The van der Waals surface area contributed by atoms with E-state index in [0.717, 1.165) is 5.56 Å². The van der Waals surface area contributed by atoms with Crippen molar-refractivity contribution in [2.45, 2.75) is 18.6 Å². The highest BCUT2D eigenvalue weighted by Gasteiger charge is 2.15. The number of hydrogen-bond donors (Lipinski definition) is 1. The molecule has 1 atom stereocenters. The summed E-state index contributed by atoms with van der Waals surface area (Å²) < 4.78 is 26.8. The molecule has 0 bridgehead atoms. The fraction of sp³-hybridized carbons (Fsp3) is 0.250. The van der Waals surface area contributed by atoms with Gasteiger partial charge in [-0.1, -0.05) is 49.4 Å². The van der Waals surface area contributed by atoms with Gasteiger partial charge in [-0.15, -0.1) is 0 Å². The predicted octanol–water partition coefficient (Wildman–Crippen LogP) is 2.82. The summed E-state index contributed by atoms with van der Waals surface area (Å²) in [6.07, 6.45) is 0. The van der Waals surface area contributed by atoms with Gasteiger partial charge in [0.15, 0.2) is 0 Å². The maximum Gasteiger partial charge on any atom is 0.269 e. The number of benzene rings is 2. The number of nitro groups is 1. The molecule has 0 aromatic heterocycles. The van der Waals surface area contributed by atoms with Crippen LogP contribution in [0.3, 0.4) is 0 Å². The lowest BCUT2D eigenvalue weighted by Gasteiger charge is -2.13. The molecule has 0 heterocycles. The van der Waals surface area contributed by atoms with Crippen molar-refractivity contribution >= 4 is 15.7 Å². The number of hydrogen-bond acceptors (Lipinski definition) is 4. The van der Waals surface area contributed by atoms with E-state index in [1.165, 1.54) is 18.2 Å². The SMILES string of the molecule is C[C@H](CNS(=O)(=O)Cc1cccc([N+](=O)[O-])c1)c1ccccc1. The summed E-state index contributed by atoms with van der Waals surface area (Å²) in [4.78, 5) is 10.2. The first-order valence-corrected chi connectivity index (χ1v) is 8.78. The van der Waals surface area contributed by atoms with Crippen LogP contribution in [0.2, 0.25) is 0 Å². The van der Waals surface area contributed by atoms with E-state index in [-0.39, 0.29) is 23.9 Å². The van der Waals surface area contributed by atoms with Crippen molar-refractivity contribution in [2.75, 3.05) is 6.54 Å². The second-order valence-corrected chi connectivity index (χ2v) is 7.15. The van der Waals surface area contributed by atoms with Crippen LogP contribution in [0.15, 0.2) is 54.6 Å².